The van der Waals surface area contributed by atoms with E-state index in [-0.39, 0.29) is 23.3 Å². The number of hydrogen-bond donors (Lipinski definition) is 1. The van der Waals surface area contributed by atoms with E-state index in [2.05, 4.69) is 12.2 Å². The fourth-order valence-electron chi connectivity index (χ4n) is 3.50. The number of hydrogen-bond acceptors (Lipinski definition) is 3. The molecule has 1 saturated heterocycles. The highest BCUT2D eigenvalue weighted by molar-refractivity contribution is 7.89. The zero-order valence-electron chi connectivity index (χ0n) is 16.3. The van der Waals surface area contributed by atoms with Crippen LogP contribution < -0.4 is 5.32 Å². The van der Waals surface area contributed by atoms with E-state index in [0.717, 1.165) is 24.9 Å². The second-order valence-corrected chi connectivity index (χ2v) is 9.24. The van der Waals surface area contributed by atoms with Crippen molar-refractivity contribution in [1.82, 2.24) is 4.31 Å². The Bertz CT molecular complexity index is 880. The number of nitrogens with zero attached hydrogens (tertiary/aromatic N) is 1. The highest BCUT2D eigenvalue weighted by Crippen LogP contribution is 2.25. The number of piperidine rings is 1. The van der Waals surface area contributed by atoms with Crippen LogP contribution in [0.2, 0.25) is 0 Å². The van der Waals surface area contributed by atoms with E-state index >= 15 is 0 Å². The van der Waals surface area contributed by atoms with Gasteiger partial charge in [0.25, 0.3) is 0 Å². The molecule has 5 nitrogen and oxygen atoms in total. The van der Waals surface area contributed by atoms with Gasteiger partial charge in [-0.05, 0) is 55.5 Å². The molecular weight excluding hydrogens is 372 g/mol. The first kappa shape index (κ1) is 20.6. The Kier molecular flexibility index (Phi) is 6.86. The summed E-state index contributed by atoms with van der Waals surface area (Å²) in [6, 6.07) is 16.3. The molecular formula is C22H28N2O3S. The summed E-state index contributed by atoms with van der Waals surface area (Å²) in [6.07, 6.45) is 4.73. The molecule has 3 rings (SSSR count). The molecule has 0 unspecified atom stereocenters. The van der Waals surface area contributed by atoms with Crippen molar-refractivity contribution in [3.05, 3.63) is 60.2 Å². The number of anilines is 1. The Morgan fingerprint density at radius 3 is 2.50 bits per heavy atom. The van der Waals surface area contributed by atoms with Crippen LogP contribution in [0.3, 0.4) is 0 Å². The Morgan fingerprint density at radius 1 is 1.11 bits per heavy atom. The largest absolute Gasteiger partial charge is 0.326 e. The first-order chi connectivity index (χ1) is 13.5. The molecule has 0 spiro atoms. The topological polar surface area (TPSA) is 66.5 Å². The predicted octanol–water partition coefficient (Wildman–Crippen LogP) is 4.07. The maximum absolute atomic E-state index is 12.8. The van der Waals surface area contributed by atoms with Gasteiger partial charge in [-0.15, -0.1) is 0 Å². The molecule has 1 fully saturated rings. The third kappa shape index (κ3) is 5.00. The van der Waals surface area contributed by atoms with Crippen molar-refractivity contribution in [2.75, 3.05) is 18.4 Å². The Hall–Kier alpha value is -2.18. The summed E-state index contributed by atoms with van der Waals surface area (Å²) < 4.78 is 27.1. The van der Waals surface area contributed by atoms with Crippen molar-refractivity contribution < 1.29 is 13.2 Å². The van der Waals surface area contributed by atoms with Crippen LogP contribution in [-0.2, 0) is 21.2 Å². The fraction of sp³-hybridized carbons (Fsp3) is 0.409. The molecule has 2 aromatic rings. The molecule has 1 N–H and O–H groups in total. The van der Waals surface area contributed by atoms with Gasteiger partial charge in [-0.3, -0.25) is 4.79 Å². The quantitative estimate of drug-likeness (QED) is 0.762. The molecule has 150 valence electrons. The molecule has 0 aromatic heterocycles. The molecule has 1 aliphatic rings. The van der Waals surface area contributed by atoms with Gasteiger partial charge in [-0.25, -0.2) is 8.42 Å². The van der Waals surface area contributed by atoms with Crippen molar-refractivity contribution in [2.24, 2.45) is 5.92 Å². The zero-order chi connectivity index (χ0) is 20.0. The van der Waals surface area contributed by atoms with Gasteiger partial charge < -0.3 is 5.32 Å². The van der Waals surface area contributed by atoms with Gasteiger partial charge in [0, 0.05) is 18.8 Å². The Labute approximate surface area is 167 Å². The lowest BCUT2D eigenvalue weighted by atomic mass is 9.98. The van der Waals surface area contributed by atoms with Crippen LogP contribution in [0.25, 0.3) is 0 Å². The van der Waals surface area contributed by atoms with Crippen LogP contribution in [0.5, 0.6) is 0 Å². The van der Waals surface area contributed by atoms with Gasteiger partial charge in [0.15, 0.2) is 0 Å². The first-order valence-corrected chi connectivity index (χ1v) is 11.4. The fourth-order valence-corrected chi connectivity index (χ4v) is 5.04. The summed E-state index contributed by atoms with van der Waals surface area (Å²) in [6.45, 7) is 2.84. The molecule has 0 radical (unpaired) electrons. The van der Waals surface area contributed by atoms with Gasteiger partial charge in [0.2, 0.25) is 15.9 Å². The Balaban J connectivity index is 1.63. The third-order valence-electron chi connectivity index (χ3n) is 5.18. The minimum absolute atomic E-state index is 0.116. The van der Waals surface area contributed by atoms with Gasteiger partial charge >= 0.3 is 0 Å². The molecule has 1 aliphatic heterocycles. The van der Waals surface area contributed by atoms with Gasteiger partial charge in [0.1, 0.15) is 0 Å². The monoisotopic (exact) mass is 400 g/mol. The van der Waals surface area contributed by atoms with E-state index < -0.39 is 10.0 Å². The minimum Gasteiger partial charge on any atom is -0.326 e. The molecule has 1 atom stereocenters. The zero-order valence-corrected chi connectivity index (χ0v) is 17.1. The smallest absolute Gasteiger partial charge is 0.243 e. The average molecular weight is 401 g/mol. The van der Waals surface area contributed by atoms with E-state index in [1.165, 1.54) is 9.87 Å². The van der Waals surface area contributed by atoms with Crippen molar-refractivity contribution in [3.63, 3.8) is 0 Å². The van der Waals surface area contributed by atoms with Crippen LogP contribution in [0.1, 0.15) is 38.2 Å². The van der Waals surface area contributed by atoms with E-state index in [4.69, 9.17) is 0 Å². The van der Waals surface area contributed by atoms with Gasteiger partial charge in [-0.1, -0.05) is 43.7 Å². The number of amides is 1. The number of sulfonamides is 1. The highest BCUT2D eigenvalue weighted by Gasteiger charge is 2.33. The normalized spacial score (nSPS) is 18.0. The number of nitrogens with one attached hydrogen (secondary N) is 1. The summed E-state index contributed by atoms with van der Waals surface area (Å²) in [5.74, 6) is -0.457. The van der Waals surface area contributed by atoms with Crippen LogP contribution in [-0.4, -0.2) is 31.7 Å². The number of unbranched alkanes of at least 4 members (excludes halogenated alkanes) is 1. The molecule has 0 saturated carbocycles. The Morgan fingerprint density at radius 2 is 1.82 bits per heavy atom. The second kappa shape index (κ2) is 9.34. The van der Waals surface area contributed by atoms with Crippen LogP contribution in [0.15, 0.2) is 59.5 Å². The number of aryl methyl sites for hydroxylation is 1. The maximum Gasteiger partial charge on any atom is 0.243 e. The summed E-state index contributed by atoms with van der Waals surface area (Å²) in [7, 11) is -3.56. The molecule has 0 aliphatic carbocycles. The van der Waals surface area contributed by atoms with Crippen molar-refractivity contribution in [1.29, 1.82) is 0 Å². The highest BCUT2D eigenvalue weighted by atomic mass is 32.2. The minimum atomic E-state index is -3.56. The molecule has 0 bridgehead atoms. The van der Waals surface area contributed by atoms with E-state index in [1.807, 2.05) is 24.3 Å². The SMILES string of the molecule is CCCCc1ccc(NC(=O)[C@H]2CCCN(S(=O)(=O)c3ccccc3)C2)cc1. The van der Waals surface area contributed by atoms with Crippen LogP contribution in [0.4, 0.5) is 5.69 Å². The summed E-state index contributed by atoms with van der Waals surface area (Å²) in [4.78, 5) is 13.0. The molecule has 1 amide bonds. The standard InChI is InChI=1S/C22H28N2O3S/c1-2-3-8-18-12-14-20(15-13-18)23-22(25)19-9-7-16-24(17-19)28(26,27)21-10-5-4-6-11-21/h4-6,10-15,19H,2-3,7-9,16-17H2,1H3,(H,23,25)/t19-/m0/s1. The molecule has 28 heavy (non-hydrogen) atoms. The summed E-state index contributed by atoms with van der Waals surface area (Å²) >= 11 is 0. The van der Waals surface area contributed by atoms with E-state index in [1.54, 1.807) is 30.3 Å². The van der Waals surface area contributed by atoms with Crippen molar-refractivity contribution in [2.45, 2.75) is 43.9 Å². The number of carbonyl (C=O) groups is 1. The lowest BCUT2D eigenvalue weighted by molar-refractivity contribution is -0.120. The van der Waals surface area contributed by atoms with Crippen LogP contribution in [0, 0.1) is 5.92 Å². The molecule has 2 aromatic carbocycles. The lowest BCUT2D eigenvalue weighted by Gasteiger charge is -2.31. The van der Waals surface area contributed by atoms with E-state index in [0.29, 0.717) is 19.4 Å². The number of carbonyl (C=O) groups excluding carboxylic acids is 1. The average Bonchev–Trinajstić information content (AvgIpc) is 2.74. The van der Waals surface area contributed by atoms with Gasteiger partial charge in [-0.2, -0.15) is 4.31 Å². The van der Waals surface area contributed by atoms with E-state index in [9.17, 15) is 13.2 Å². The lowest BCUT2D eigenvalue weighted by Crippen LogP contribution is -2.43. The maximum atomic E-state index is 12.8. The number of benzene rings is 2. The van der Waals surface area contributed by atoms with Crippen molar-refractivity contribution >= 4 is 21.6 Å². The molecule has 6 heteroatoms. The third-order valence-corrected chi connectivity index (χ3v) is 7.06. The summed E-state index contributed by atoms with van der Waals surface area (Å²) in [5.41, 5.74) is 2.02. The number of rotatable bonds is 7. The second-order valence-electron chi connectivity index (χ2n) is 7.30. The first-order valence-electron chi connectivity index (χ1n) is 9.95. The molecule has 1 heterocycles. The van der Waals surface area contributed by atoms with Gasteiger partial charge in [0.05, 0.1) is 10.8 Å². The van der Waals surface area contributed by atoms with Crippen molar-refractivity contribution in [3.8, 4) is 0 Å². The summed E-state index contributed by atoms with van der Waals surface area (Å²) in [5, 5.41) is 2.95. The van der Waals surface area contributed by atoms with Crippen LogP contribution >= 0.6 is 0 Å². The predicted molar refractivity (Wildman–Crippen MR) is 112 cm³/mol.